The normalized spacial score (nSPS) is 10.5. The molecule has 2 aromatic rings. The van der Waals surface area contributed by atoms with Crippen LogP contribution in [0.3, 0.4) is 0 Å². The Morgan fingerprint density at radius 2 is 1.30 bits per heavy atom. The van der Waals surface area contributed by atoms with Crippen molar-refractivity contribution in [2.24, 2.45) is 0 Å². The predicted molar refractivity (Wildman–Crippen MR) is 117 cm³/mol. The average Bonchev–Trinajstić information content (AvgIpc) is 2.67. The second kappa shape index (κ2) is 9.85. The van der Waals surface area contributed by atoms with Gasteiger partial charge in [0.2, 0.25) is 0 Å². The molecule has 0 fully saturated rings. The van der Waals surface area contributed by atoms with Gasteiger partial charge in [-0.05, 0) is 46.0 Å². The minimum atomic E-state index is -2.46. The third-order valence-electron chi connectivity index (χ3n) is 4.36. The van der Waals surface area contributed by atoms with E-state index in [-0.39, 0.29) is 5.04 Å². The quantitative estimate of drug-likeness (QED) is 0.439. The molecule has 0 aliphatic rings. The fourth-order valence-corrected chi connectivity index (χ4v) is 7.81. The van der Waals surface area contributed by atoms with Crippen LogP contribution in [0.5, 0.6) is 0 Å². The van der Waals surface area contributed by atoms with Gasteiger partial charge in [0.15, 0.2) is 0 Å². The number of hydrogen-bond donors (Lipinski definition) is 0. The largest absolute Gasteiger partial charge is 0.406 e. The summed E-state index contributed by atoms with van der Waals surface area (Å²) >= 11 is 0. The summed E-state index contributed by atoms with van der Waals surface area (Å²) in [7, 11) is -2.46. The second-order valence-electron chi connectivity index (χ2n) is 7.19. The first-order valence-corrected chi connectivity index (χ1v) is 11.1. The van der Waals surface area contributed by atoms with E-state index < -0.39 is 8.32 Å². The summed E-state index contributed by atoms with van der Waals surface area (Å²) in [5.74, 6) is 16.8. The molecule has 1 nitrogen and oxygen atoms in total. The molecule has 0 aliphatic carbocycles. The monoisotopic (exact) mass is 370 g/mol. The topological polar surface area (TPSA) is 9.23 Å². The zero-order chi connectivity index (χ0) is 19.6. The summed E-state index contributed by atoms with van der Waals surface area (Å²) in [6.45, 7) is 9.18. The van der Waals surface area contributed by atoms with E-state index in [2.05, 4.69) is 117 Å². The SMILES string of the molecule is CC#CC#CC#CCCO[Si](c1ccccc1)(c1ccccc1)C(C)(C)C. The summed E-state index contributed by atoms with van der Waals surface area (Å²) in [4.78, 5) is 0. The molecule has 0 radical (unpaired) electrons. The highest BCUT2D eigenvalue weighted by Gasteiger charge is 2.49. The van der Waals surface area contributed by atoms with Crippen molar-refractivity contribution in [3.05, 3.63) is 60.7 Å². The second-order valence-corrected chi connectivity index (χ2v) is 11.5. The maximum absolute atomic E-state index is 6.75. The van der Waals surface area contributed by atoms with Gasteiger partial charge in [0.25, 0.3) is 8.32 Å². The zero-order valence-corrected chi connectivity index (χ0v) is 17.6. The molecule has 0 atom stereocenters. The molecule has 0 amide bonds. The molecule has 2 heteroatoms. The fraction of sp³-hybridized carbons (Fsp3) is 0.280. The number of rotatable bonds is 5. The van der Waals surface area contributed by atoms with Crippen molar-refractivity contribution in [1.29, 1.82) is 0 Å². The molecule has 0 saturated heterocycles. The predicted octanol–water partition coefficient (Wildman–Crippen LogP) is 3.98. The van der Waals surface area contributed by atoms with E-state index in [0.29, 0.717) is 13.0 Å². The molecule has 0 aromatic heterocycles. The number of hydrogen-bond acceptors (Lipinski definition) is 1. The lowest BCUT2D eigenvalue weighted by molar-refractivity contribution is 0.306. The molecular weight excluding hydrogens is 344 g/mol. The Morgan fingerprint density at radius 1 is 0.778 bits per heavy atom. The average molecular weight is 371 g/mol. The van der Waals surface area contributed by atoms with Crippen molar-refractivity contribution < 1.29 is 4.43 Å². The van der Waals surface area contributed by atoms with Gasteiger partial charge in [-0.25, -0.2) is 0 Å². The standard InChI is InChI=1S/C25H26OSi/c1-5-6-7-8-9-10-17-22-26-27(25(2,3)4,23-18-13-11-14-19-23)24-20-15-12-16-21-24/h11-16,18-21H,17,22H2,1-4H3. The minimum absolute atomic E-state index is 0.0142. The van der Waals surface area contributed by atoms with Crippen LogP contribution in [0.15, 0.2) is 60.7 Å². The van der Waals surface area contributed by atoms with Gasteiger partial charge in [-0.1, -0.05) is 93.3 Å². The van der Waals surface area contributed by atoms with Gasteiger partial charge in [-0.15, -0.1) is 0 Å². The van der Waals surface area contributed by atoms with Gasteiger partial charge in [0.1, 0.15) is 0 Å². The van der Waals surface area contributed by atoms with Gasteiger partial charge < -0.3 is 4.43 Å². The Bertz CT molecular complexity index is 865. The molecule has 0 bridgehead atoms. The van der Waals surface area contributed by atoms with E-state index in [1.54, 1.807) is 6.92 Å². The van der Waals surface area contributed by atoms with E-state index in [0.717, 1.165) is 0 Å². The third-order valence-corrected chi connectivity index (χ3v) is 9.41. The van der Waals surface area contributed by atoms with Crippen LogP contribution in [0, 0.1) is 35.5 Å². The Balaban J connectivity index is 2.35. The summed E-state index contributed by atoms with van der Waals surface area (Å²) in [5.41, 5.74) is 0. The molecule has 0 unspecified atom stereocenters. The fourth-order valence-electron chi connectivity index (χ4n) is 3.25. The van der Waals surface area contributed by atoms with Gasteiger partial charge >= 0.3 is 0 Å². The molecule has 2 aromatic carbocycles. The summed E-state index contributed by atoms with van der Waals surface area (Å²) in [6, 6.07) is 21.3. The van der Waals surface area contributed by atoms with E-state index in [4.69, 9.17) is 4.43 Å². The molecule has 0 spiro atoms. The lowest BCUT2D eigenvalue weighted by atomic mass is 10.2. The first-order valence-electron chi connectivity index (χ1n) is 9.17. The molecule has 136 valence electrons. The summed E-state index contributed by atoms with van der Waals surface area (Å²) < 4.78 is 6.75. The first kappa shape index (κ1) is 20.6. The lowest BCUT2D eigenvalue weighted by Crippen LogP contribution is -2.66. The maximum Gasteiger partial charge on any atom is 0.261 e. The highest BCUT2D eigenvalue weighted by atomic mass is 28.4. The first-order chi connectivity index (χ1) is 13.0. The molecule has 27 heavy (non-hydrogen) atoms. The van der Waals surface area contributed by atoms with Crippen LogP contribution >= 0.6 is 0 Å². The van der Waals surface area contributed by atoms with Gasteiger partial charge in [-0.3, -0.25) is 0 Å². The van der Waals surface area contributed by atoms with Crippen LogP contribution in [-0.2, 0) is 4.43 Å². The number of benzene rings is 2. The van der Waals surface area contributed by atoms with Crippen LogP contribution in [0.1, 0.15) is 34.1 Å². The third kappa shape index (κ3) is 5.15. The molecule has 0 saturated carbocycles. The Labute approximate surface area is 165 Å². The van der Waals surface area contributed by atoms with Crippen molar-refractivity contribution in [3.8, 4) is 35.5 Å². The molecule has 0 heterocycles. The Morgan fingerprint density at radius 3 is 1.78 bits per heavy atom. The molecular formula is C25H26OSi. The van der Waals surface area contributed by atoms with E-state index in [1.165, 1.54) is 10.4 Å². The maximum atomic E-state index is 6.75. The van der Waals surface area contributed by atoms with Crippen LogP contribution in [0.2, 0.25) is 5.04 Å². The molecule has 0 aliphatic heterocycles. The zero-order valence-electron chi connectivity index (χ0n) is 16.6. The molecule has 2 rings (SSSR count). The highest BCUT2D eigenvalue weighted by molar-refractivity contribution is 6.99. The van der Waals surface area contributed by atoms with Crippen LogP contribution in [0.4, 0.5) is 0 Å². The minimum Gasteiger partial charge on any atom is -0.406 e. The van der Waals surface area contributed by atoms with Crippen molar-refractivity contribution in [2.45, 2.75) is 39.2 Å². The molecule has 0 N–H and O–H groups in total. The van der Waals surface area contributed by atoms with Crippen molar-refractivity contribution in [2.75, 3.05) is 6.61 Å². The van der Waals surface area contributed by atoms with E-state index >= 15 is 0 Å². The lowest BCUT2D eigenvalue weighted by Gasteiger charge is -2.43. The van der Waals surface area contributed by atoms with Crippen LogP contribution in [-0.4, -0.2) is 14.9 Å². The van der Waals surface area contributed by atoms with Gasteiger partial charge in [-0.2, -0.15) is 0 Å². The van der Waals surface area contributed by atoms with Gasteiger partial charge in [0.05, 0.1) is 0 Å². The van der Waals surface area contributed by atoms with Crippen LogP contribution in [0.25, 0.3) is 0 Å². The highest BCUT2D eigenvalue weighted by Crippen LogP contribution is 2.36. The van der Waals surface area contributed by atoms with E-state index in [9.17, 15) is 0 Å². The van der Waals surface area contributed by atoms with E-state index in [1.807, 2.05) is 0 Å². The Kier molecular flexibility index (Phi) is 7.51. The van der Waals surface area contributed by atoms with Gasteiger partial charge in [0, 0.05) is 13.0 Å². The van der Waals surface area contributed by atoms with Crippen molar-refractivity contribution in [3.63, 3.8) is 0 Å². The van der Waals surface area contributed by atoms with Crippen molar-refractivity contribution >= 4 is 18.7 Å². The van der Waals surface area contributed by atoms with Crippen LogP contribution < -0.4 is 10.4 Å². The smallest absolute Gasteiger partial charge is 0.261 e. The van der Waals surface area contributed by atoms with Crippen molar-refractivity contribution in [1.82, 2.24) is 0 Å². The summed E-state index contributed by atoms with van der Waals surface area (Å²) in [5, 5.41) is 2.56. The Hall–Kier alpha value is -2.70. The summed E-state index contributed by atoms with van der Waals surface area (Å²) in [6.07, 6.45) is 0.652.